The van der Waals surface area contributed by atoms with Gasteiger partial charge in [0.2, 0.25) is 0 Å². The molecule has 0 radical (unpaired) electrons. The van der Waals surface area contributed by atoms with Gasteiger partial charge >= 0.3 is 11.9 Å². The molecule has 0 saturated heterocycles. The summed E-state index contributed by atoms with van der Waals surface area (Å²) in [6, 6.07) is 10.8. The van der Waals surface area contributed by atoms with E-state index in [9.17, 15) is 9.59 Å². The summed E-state index contributed by atoms with van der Waals surface area (Å²) >= 11 is 0. The molecule has 0 bridgehead atoms. The summed E-state index contributed by atoms with van der Waals surface area (Å²) < 4.78 is 10.6. The molecule has 2 aromatic carbocycles. The van der Waals surface area contributed by atoms with Crippen LogP contribution < -0.4 is 0 Å². The molecule has 0 saturated carbocycles. The Morgan fingerprint density at radius 3 is 1.50 bits per heavy atom. The molecule has 0 spiro atoms. The molecule has 0 amide bonds. The maximum atomic E-state index is 12.1. The summed E-state index contributed by atoms with van der Waals surface area (Å²) in [5.41, 5.74) is 1.06. The summed E-state index contributed by atoms with van der Waals surface area (Å²) in [4.78, 5) is 24.2. The molecule has 4 nitrogen and oxygen atoms in total. The van der Waals surface area contributed by atoms with E-state index in [1.54, 1.807) is 24.3 Å². The van der Waals surface area contributed by atoms with Gasteiger partial charge in [0.05, 0.1) is 24.3 Å². The maximum Gasteiger partial charge on any atom is 0.338 e. The highest BCUT2D eigenvalue weighted by Crippen LogP contribution is 2.19. The Hall–Kier alpha value is -2.36. The number of ether oxygens (including phenoxy) is 2. The van der Waals surface area contributed by atoms with Crippen molar-refractivity contribution in [1.29, 1.82) is 0 Å². The maximum absolute atomic E-state index is 12.1. The molecule has 26 heavy (non-hydrogen) atoms. The van der Waals surface area contributed by atoms with E-state index in [0.717, 1.165) is 49.3 Å². The van der Waals surface area contributed by atoms with Crippen molar-refractivity contribution in [1.82, 2.24) is 0 Å². The number of esters is 2. The molecule has 0 fully saturated rings. The fourth-order valence-corrected chi connectivity index (χ4v) is 2.70. The Bertz CT molecular complexity index is 673. The molecule has 0 aromatic heterocycles. The lowest BCUT2D eigenvalue weighted by atomic mass is 10.0. The van der Waals surface area contributed by atoms with Crippen LogP contribution in [0.3, 0.4) is 0 Å². The predicted octanol–water partition coefficient (Wildman–Crippen LogP) is 5.53. The van der Waals surface area contributed by atoms with Gasteiger partial charge in [-0.25, -0.2) is 9.59 Å². The van der Waals surface area contributed by atoms with Crippen LogP contribution >= 0.6 is 0 Å². The molecule has 140 valence electrons. The van der Waals surface area contributed by atoms with Gasteiger partial charge in [-0.1, -0.05) is 51.7 Å². The third-order valence-electron chi connectivity index (χ3n) is 4.27. The van der Waals surface area contributed by atoms with Gasteiger partial charge in [0.1, 0.15) is 0 Å². The number of rotatable bonds is 10. The molecule has 0 aliphatic carbocycles. The van der Waals surface area contributed by atoms with Gasteiger partial charge in [-0.15, -0.1) is 0 Å². The highest BCUT2D eigenvalue weighted by atomic mass is 16.5. The van der Waals surface area contributed by atoms with Crippen molar-refractivity contribution in [3.63, 3.8) is 0 Å². The smallest absolute Gasteiger partial charge is 0.338 e. The summed E-state index contributed by atoms with van der Waals surface area (Å²) in [6.07, 6.45) is 6.08. The lowest BCUT2D eigenvalue weighted by Gasteiger charge is -2.07. The van der Waals surface area contributed by atoms with Crippen LogP contribution in [0.4, 0.5) is 0 Å². The van der Waals surface area contributed by atoms with Crippen LogP contribution in [0.25, 0.3) is 10.8 Å². The molecule has 0 heterocycles. The van der Waals surface area contributed by atoms with E-state index < -0.39 is 0 Å². The zero-order valence-electron chi connectivity index (χ0n) is 15.8. The van der Waals surface area contributed by atoms with Gasteiger partial charge in [-0.05, 0) is 47.9 Å². The molecule has 0 atom stereocenters. The minimum absolute atomic E-state index is 0.303. The lowest BCUT2D eigenvalue weighted by Crippen LogP contribution is -2.07. The van der Waals surface area contributed by atoms with E-state index in [-0.39, 0.29) is 11.9 Å². The number of fused-ring (bicyclic) bond motifs is 1. The number of carbonyl (C=O) groups excluding carboxylic acids is 2. The van der Waals surface area contributed by atoms with Crippen molar-refractivity contribution in [3.05, 3.63) is 47.5 Å². The number of carbonyl (C=O) groups is 2. The monoisotopic (exact) mass is 356 g/mol. The topological polar surface area (TPSA) is 52.6 Å². The molecule has 4 heteroatoms. The Kier molecular flexibility index (Phi) is 8.13. The highest BCUT2D eigenvalue weighted by Gasteiger charge is 2.11. The average Bonchev–Trinajstić information content (AvgIpc) is 2.67. The molecular weight excluding hydrogens is 328 g/mol. The van der Waals surface area contributed by atoms with Gasteiger partial charge in [0.15, 0.2) is 0 Å². The summed E-state index contributed by atoms with van der Waals surface area (Å²) in [7, 11) is 0. The van der Waals surface area contributed by atoms with E-state index in [2.05, 4.69) is 13.8 Å². The summed E-state index contributed by atoms with van der Waals surface area (Å²) in [6.45, 7) is 5.13. The first-order chi connectivity index (χ1) is 12.7. The Labute approximate surface area is 155 Å². The fraction of sp³-hybridized carbons (Fsp3) is 0.455. The Morgan fingerprint density at radius 2 is 1.12 bits per heavy atom. The molecule has 0 N–H and O–H groups in total. The Balaban J connectivity index is 2.00. The van der Waals surface area contributed by atoms with Gasteiger partial charge < -0.3 is 9.47 Å². The number of hydrogen-bond donors (Lipinski definition) is 0. The minimum atomic E-state index is -0.303. The number of benzene rings is 2. The van der Waals surface area contributed by atoms with Gasteiger partial charge in [0.25, 0.3) is 0 Å². The third kappa shape index (κ3) is 5.87. The van der Waals surface area contributed by atoms with Gasteiger partial charge in [-0.3, -0.25) is 0 Å². The first-order valence-corrected chi connectivity index (χ1v) is 9.53. The van der Waals surface area contributed by atoms with Crippen LogP contribution in [0.1, 0.15) is 73.1 Å². The van der Waals surface area contributed by atoms with Crippen molar-refractivity contribution in [2.75, 3.05) is 13.2 Å². The van der Waals surface area contributed by atoms with Crippen LogP contribution in [0, 0.1) is 0 Å². The van der Waals surface area contributed by atoms with E-state index in [0.29, 0.717) is 24.3 Å². The minimum Gasteiger partial charge on any atom is -0.462 e. The molecule has 0 aliphatic rings. The number of unbranched alkanes of at least 4 members (excludes halogenated alkanes) is 4. The fourth-order valence-electron chi connectivity index (χ4n) is 2.70. The summed E-state index contributed by atoms with van der Waals surface area (Å²) in [5.74, 6) is -0.607. The summed E-state index contributed by atoms with van der Waals surface area (Å²) in [5, 5.41) is 1.80. The quantitative estimate of drug-likeness (QED) is 0.415. The second-order valence-corrected chi connectivity index (χ2v) is 6.46. The zero-order chi connectivity index (χ0) is 18.8. The van der Waals surface area contributed by atoms with Crippen LogP contribution in [0.15, 0.2) is 36.4 Å². The van der Waals surface area contributed by atoms with Gasteiger partial charge in [0, 0.05) is 0 Å². The average molecular weight is 356 g/mol. The second-order valence-electron chi connectivity index (χ2n) is 6.46. The SMILES string of the molecule is CCCCCOC(=O)c1ccc2cc(C(=O)OCCCCC)ccc2c1. The molecule has 2 aromatic rings. The first kappa shape index (κ1) is 20.0. The van der Waals surface area contributed by atoms with Crippen molar-refractivity contribution in [2.45, 2.75) is 52.4 Å². The molecular formula is C22H28O4. The van der Waals surface area contributed by atoms with E-state index in [1.165, 1.54) is 0 Å². The van der Waals surface area contributed by atoms with Crippen molar-refractivity contribution in [2.24, 2.45) is 0 Å². The second kappa shape index (κ2) is 10.6. The van der Waals surface area contributed by atoms with Crippen LogP contribution in [0.2, 0.25) is 0 Å². The largest absolute Gasteiger partial charge is 0.462 e. The number of hydrogen-bond acceptors (Lipinski definition) is 4. The van der Waals surface area contributed by atoms with E-state index >= 15 is 0 Å². The molecule has 0 unspecified atom stereocenters. The van der Waals surface area contributed by atoms with E-state index in [4.69, 9.17) is 9.47 Å². The van der Waals surface area contributed by atoms with Crippen LogP contribution in [-0.2, 0) is 9.47 Å². The van der Waals surface area contributed by atoms with Crippen molar-refractivity contribution < 1.29 is 19.1 Å². The lowest BCUT2D eigenvalue weighted by molar-refractivity contribution is 0.0488. The first-order valence-electron chi connectivity index (χ1n) is 9.53. The zero-order valence-corrected chi connectivity index (χ0v) is 15.8. The Morgan fingerprint density at radius 1 is 0.692 bits per heavy atom. The van der Waals surface area contributed by atoms with Crippen LogP contribution in [0.5, 0.6) is 0 Å². The van der Waals surface area contributed by atoms with Crippen LogP contribution in [-0.4, -0.2) is 25.2 Å². The third-order valence-corrected chi connectivity index (χ3v) is 4.27. The molecule has 2 rings (SSSR count). The normalized spacial score (nSPS) is 10.7. The predicted molar refractivity (Wildman–Crippen MR) is 104 cm³/mol. The van der Waals surface area contributed by atoms with Crippen molar-refractivity contribution >= 4 is 22.7 Å². The standard InChI is InChI=1S/C22H28O4/c1-3-5-7-13-25-21(23)19-11-9-18-16-20(12-10-17(18)15-19)22(24)26-14-8-6-4-2/h9-12,15-16H,3-8,13-14H2,1-2H3. The van der Waals surface area contributed by atoms with Gasteiger partial charge in [-0.2, -0.15) is 0 Å². The highest BCUT2D eigenvalue weighted by molar-refractivity contribution is 5.99. The van der Waals surface area contributed by atoms with Crippen molar-refractivity contribution in [3.8, 4) is 0 Å². The molecule has 0 aliphatic heterocycles. The van der Waals surface area contributed by atoms with E-state index in [1.807, 2.05) is 12.1 Å².